The molecule has 116 valence electrons. The third-order valence-corrected chi connectivity index (χ3v) is 4.30. The second-order valence-corrected chi connectivity index (χ2v) is 6.04. The van der Waals surface area contributed by atoms with Crippen LogP contribution in [-0.2, 0) is 4.79 Å². The third kappa shape index (κ3) is 4.19. The van der Waals surface area contributed by atoms with Gasteiger partial charge in [-0.2, -0.15) is 24.9 Å². The Bertz CT molecular complexity index is 372. The normalized spacial score (nSPS) is 20.0. The maximum atomic E-state index is 12.7. The molecule has 0 radical (unpaired) electrons. The van der Waals surface area contributed by atoms with Crippen LogP contribution in [0.4, 0.5) is 18.0 Å². The zero-order chi connectivity index (χ0) is 15.4. The van der Waals surface area contributed by atoms with Crippen LogP contribution >= 0.6 is 11.8 Å². The fraction of sp³-hybridized carbons (Fsp3) is 0.818. The van der Waals surface area contributed by atoms with Crippen molar-refractivity contribution in [2.24, 2.45) is 5.92 Å². The van der Waals surface area contributed by atoms with Crippen LogP contribution in [0.1, 0.15) is 19.8 Å². The standard InChI is InChI=1S/C11H17F3N2O3S/c1-10(8(17)18,11(12,13)14)16-9(19)15-6-7-2-4-20-5-3-7/h7H,2-6H2,1H3,(H,17,18)(H2,15,16,19). The molecule has 0 aromatic heterocycles. The van der Waals surface area contributed by atoms with Crippen molar-refractivity contribution in [3.05, 3.63) is 0 Å². The molecule has 1 aliphatic heterocycles. The van der Waals surface area contributed by atoms with Crippen molar-refractivity contribution < 1.29 is 27.9 Å². The minimum absolute atomic E-state index is 0.226. The van der Waals surface area contributed by atoms with Crippen LogP contribution in [0.5, 0.6) is 0 Å². The number of carbonyl (C=O) groups is 2. The van der Waals surface area contributed by atoms with E-state index in [1.807, 2.05) is 0 Å². The number of alkyl halides is 3. The first kappa shape index (κ1) is 16.9. The second kappa shape index (κ2) is 6.55. The van der Waals surface area contributed by atoms with Crippen molar-refractivity contribution in [3.8, 4) is 0 Å². The Kier molecular flexibility index (Phi) is 5.55. The van der Waals surface area contributed by atoms with Gasteiger partial charge in [0.2, 0.25) is 5.54 Å². The molecule has 0 aliphatic carbocycles. The van der Waals surface area contributed by atoms with Crippen molar-refractivity contribution in [1.82, 2.24) is 10.6 Å². The molecule has 1 heterocycles. The summed E-state index contributed by atoms with van der Waals surface area (Å²) in [5.41, 5.74) is -3.29. The van der Waals surface area contributed by atoms with Gasteiger partial charge in [-0.1, -0.05) is 0 Å². The Labute approximate surface area is 118 Å². The number of halogens is 3. The summed E-state index contributed by atoms with van der Waals surface area (Å²) >= 11 is 1.80. The SMILES string of the molecule is CC(NC(=O)NCC1CCSCC1)(C(=O)O)C(F)(F)F. The fourth-order valence-corrected chi connectivity index (χ4v) is 2.91. The quantitative estimate of drug-likeness (QED) is 0.740. The summed E-state index contributed by atoms with van der Waals surface area (Å²) in [6, 6.07) is -1.12. The molecular formula is C11H17F3N2O3S. The Morgan fingerprint density at radius 2 is 1.85 bits per heavy atom. The predicted molar refractivity (Wildman–Crippen MR) is 68.7 cm³/mol. The van der Waals surface area contributed by atoms with Crippen LogP contribution in [0.15, 0.2) is 0 Å². The average Bonchev–Trinajstić information content (AvgIpc) is 2.36. The number of hydrogen-bond donors (Lipinski definition) is 3. The summed E-state index contributed by atoms with van der Waals surface area (Å²) in [6.45, 7) is 0.673. The van der Waals surface area contributed by atoms with Crippen LogP contribution in [0.25, 0.3) is 0 Å². The minimum Gasteiger partial charge on any atom is -0.479 e. The number of aliphatic carboxylic acids is 1. The van der Waals surface area contributed by atoms with Gasteiger partial charge in [0.1, 0.15) is 0 Å². The van der Waals surface area contributed by atoms with E-state index in [9.17, 15) is 22.8 Å². The number of carboxylic acids is 1. The molecule has 1 unspecified atom stereocenters. The lowest BCUT2D eigenvalue weighted by molar-refractivity contribution is -0.203. The van der Waals surface area contributed by atoms with Gasteiger partial charge < -0.3 is 15.7 Å². The van der Waals surface area contributed by atoms with Gasteiger partial charge in [0, 0.05) is 6.54 Å². The van der Waals surface area contributed by atoms with Gasteiger partial charge >= 0.3 is 18.2 Å². The van der Waals surface area contributed by atoms with Crippen molar-refractivity contribution in [1.29, 1.82) is 0 Å². The van der Waals surface area contributed by atoms with Gasteiger partial charge in [0.05, 0.1) is 0 Å². The van der Waals surface area contributed by atoms with Crippen molar-refractivity contribution >= 4 is 23.8 Å². The average molecular weight is 314 g/mol. The summed E-state index contributed by atoms with van der Waals surface area (Å²) in [6.07, 6.45) is -3.29. The summed E-state index contributed by atoms with van der Waals surface area (Å²) in [5, 5.41) is 12.5. The molecule has 20 heavy (non-hydrogen) atoms. The Hall–Kier alpha value is -1.12. The number of thioether (sulfide) groups is 1. The van der Waals surface area contributed by atoms with E-state index in [1.165, 1.54) is 5.32 Å². The topological polar surface area (TPSA) is 78.4 Å². The predicted octanol–water partition coefficient (Wildman–Crippen LogP) is 1.83. The maximum absolute atomic E-state index is 12.7. The number of rotatable bonds is 4. The molecule has 1 aliphatic rings. The smallest absolute Gasteiger partial charge is 0.422 e. The molecule has 0 aromatic rings. The molecule has 0 saturated carbocycles. The second-order valence-electron chi connectivity index (χ2n) is 4.82. The van der Waals surface area contributed by atoms with Gasteiger partial charge in [-0.05, 0) is 37.2 Å². The zero-order valence-corrected chi connectivity index (χ0v) is 11.7. The first-order valence-corrected chi connectivity index (χ1v) is 7.26. The molecule has 1 atom stereocenters. The first-order chi connectivity index (χ1) is 9.17. The third-order valence-electron chi connectivity index (χ3n) is 3.25. The largest absolute Gasteiger partial charge is 0.479 e. The van der Waals surface area contributed by atoms with Crippen LogP contribution in [0.2, 0.25) is 0 Å². The van der Waals surface area contributed by atoms with Crippen molar-refractivity contribution in [2.45, 2.75) is 31.5 Å². The molecule has 1 saturated heterocycles. The van der Waals surface area contributed by atoms with Crippen LogP contribution < -0.4 is 10.6 Å². The number of carboxylic acid groups (broad SMARTS) is 1. The van der Waals surface area contributed by atoms with Gasteiger partial charge in [-0.25, -0.2) is 9.59 Å². The summed E-state index contributed by atoms with van der Waals surface area (Å²) in [5.74, 6) is 0.00498. The molecular weight excluding hydrogens is 297 g/mol. The van der Waals surface area contributed by atoms with Gasteiger partial charge in [-0.3, -0.25) is 0 Å². The molecule has 1 fully saturated rings. The number of urea groups is 1. The van der Waals surface area contributed by atoms with Gasteiger partial charge in [0.15, 0.2) is 0 Å². The highest BCUT2D eigenvalue weighted by Gasteiger charge is 2.58. The Morgan fingerprint density at radius 1 is 1.30 bits per heavy atom. The highest BCUT2D eigenvalue weighted by molar-refractivity contribution is 7.99. The molecule has 3 N–H and O–H groups in total. The first-order valence-electron chi connectivity index (χ1n) is 6.10. The van der Waals surface area contributed by atoms with Crippen LogP contribution in [-0.4, -0.2) is 46.9 Å². The van der Waals surface area contributed by atoms with Gasteiger partial charge in [-0.15, -0.1) is 0 Å². The summed E-state index contributed by atoms with van der Waals surface area (Å²) in [4.78, 5) is 22.2. The van der Waals surface area contributed by atoms with Crippen molar-refractivity contribution in [2.75, 3.05) is 18.1 Å². The molecule has 0 spiro atoms. The Balaban J connectivity index is 2.52. The van der Waals surface area contributed by atoms with E-state index >= 15 is 0 Å². The van der Waals surface area contributed by atoms with E-state index in [1.54, 1.807) is 11.8 Å². The monoisotopic (exact) mass is 314 g/mol. The van der Waals surface area contributed by atoms with E-state index in [0.29, 0.717) is 6.92 Å². The lowest BCUT2D eigenvalue weighted by atomic mass is 10.0. The number of amides is 2. The number of carbonyl (C=O) groups excluding carboxylic acids is 1. The molecule has 1 rings (SSSR count). The lowest BCUT2D eigenvalue weighted by Gasteiger charge is -2.29. The number of hydrogen-bond acceptors (Lipinski definition) is 3. The summed E-state index contributed by atoms with van der Waals surface area (Å²) < 4.78 is 38.1. The van der Waals surface area contributed by atoms with E-state index in [-0.39, 0.29) is 12.5 Å². The zero-order valence-electron chi connectivity index (χ0n) is 10.9. The molecule has 0 aromatic carbocycles. The molecule has 9 heteroatoms. The summed E-state index contributed by atoms with van der Waals surface area (Å²) in [7, 11) is 0. The van der Waals surface area contributed by atoms with E-state index in [2.05, 4.69) is 5.32 Å². The highest BCUT2D eigenvalue weighted by atomic mass is 32.2. The van der Waals surface area contributed by atoms with E-state index in [0.717, 1.165) is 24.3 Å². The number of nitrogens with one attached hydrogen (secondary N) is 2. The van der Waals surface area contributed by atoms with Crippen LogP contribution in [0.3, 0.4) is 0 Å². The van der Waals surface area contributed by atoms with E-state index < -0.39 is 23.7 Å². The molecule has 2 amide bonds. The Morgan fingerprint density at radius 3 is 2.30 bits per heavy atom. The van der Waals surface area contributed by atoms with E-state index in [4.69, 9.17) is 5.11 Å². The van der Waals surface area contributed by atoms with Crippen molar-refractivity contribution in [3.63, 3.8) is 0 Å². The maximum Gasteiger partial charge on any atom is 0.422 e. The fourth-order valence-electron chi connectivity index (χ4n) is 1.70. The van der Waals surface area contributed by atoms with Gasteiger partial charge in [0.25, 0.3) is 0 Å². The minimum atomic E-state index is -5.07. The molecule has 5 nitrogen and oxygen atoms in total. The highest BCUT2D eigenvalue weighted by Crippen LogP contribution is 2.30. The van der Waals surface area contributed by atoms with Crippen LogP contribution in [0, 0.1) is 5.92 Å². The lowest BCUT2D eigenvalue weighted by Crippen LogP contribution is -2.63. The molecule has 0 bridgehead atoms.